The predicted octanol–water partition coefficient (Wildman–Crippen LogP) is 3.59. The number of H-pyrrole nitrogens is 1. The first-order valence-electron chi connectivity index (χ1n) is 7.00. The molecule has 1 aliphatic rings. The minimum Gasteiger partial charge on any atom is -0.286 e. The number of halogens is 1. The summed E-state index contributed by atoms with van der Waals surface area (Å²) in [4.78, 5) is 2.22. The monoisotopic (exact) mass is 280 g/mol. The molecule has 0 saturated carbocycles. The lowest BCUT2D eigenvalue weighted by molar-refractivity contribution is 0.232. The van der Waals surface area contributed by atoms with E-state index in [0.717, 1.165) is 28.7 Å². The summed E-state index contributed by atoms with van der Waals surface area (Å²) >= 11 is 0. The average Bonchev–Trinajstić information content (AvgIpc) is 3.09. The first-order chi connectivity index (χ1) is 10.2. The van der Waals surface area contributed by atoms with Crippen molar-refractivity contribution in [3.63, 3.8) is 0 Å². The Bertz CT molecular complexity index is 809. The average molecular weight is 280 g/mol. The van der Waals surface area contributed by atoms with Gasteiger partial charge in [0.1, 0.15) is 5.82 Å². The van der Waals surface area contributed by atoms with E-state index in [2.05, 4.69) is 28.1 Å². The van der Waals surface area contributed by atoms with Crippen LogP contribution in [0.15, 0.2) is 42.5 Å². The molecule has 0 amide bonds. The maximum absolute atomic E-state index is 13.3. The number of nitrogens with zero attached hydrogens (tertiary/aromatic N) is 2. The molecule has 3 aromatic rings. The molecule has 0 aliphatic carbocycles. The van der Waals surface area contributed by atoms with Crippen LogP contribution in [0.25, 0.3) is 10.9 Å². The summed E-state index contributed by atoms with van der Waals surface area (Å²) in [5.74, 6) is -0.179. The van der Waals surface area contributed by atoms with Crippen LogP contribution in [0, 0.1) is 12.7 Å². The maximum Gasteiger partial charge on any atom is 0.123 e. The lowest BCUT2D eigenvalue weighted by atomic mass is 10.1. The number of aromatic nitrogens is 2. The van der Waals surface area contributed by atoms with E-state index in [1.807, 2.05) is 24.3 Å². The Morgan fingerprint density at radius 3 is 2.86 bits per heavy atom. The lowest BCUT2D eigenvalue weighted by Gasteiger charge is -2.22. The molecule has 1 aliphatic heterocycles. The van der Waals surface area contributed by atoms with Crippen LogP contribution in [0.2, 0.25) is 0 Å². The van der Waals surface area contributed by atoms with Crippen molar-refractivity contribution in [2.24, 2.45) is 0 Å². The second kappa shape index (κ2) is 4.67. The molecule has 0 fully saturated rings. The highest BCUT2D eigenvalue weighted by Crippen LogP contribution is 2.33. The van der Waals surface area contributed by atoms with E-state index in [-0.39, 0.29) is 11.9 Å². The van der Waals surface area contributed by atoms with Crippen LogP contribution < -0.4 is 0 Å². The zero-order valence-electron chi connectivity index (χ0n) is 11.5. The van der Waals surface area contributed by atoms with Gasteiger partial charge in [-0.15, -0.1) is 0 Å². The number of para-hydroxylation sites is 1. The fourth-order valence-electron chi connectivity index (χ4n) is 3.02. The van der Waals surface area contributed by atoms with Crippen molar-refractivity contribution in [3.05, 3.63) is 72.0 Å². The molecule has 0 spiro atoms. The third-order valence-corrected chi connectivity index (χ3v) is 4.17. The van der Waals surface area contributed by atoms with Crippen molar-refractivity contribution < 1.29 is 4.39 Å². The largest absolute Gasteiger partial charge is 0.286 e. The third-order valence-electron chi connectivity index (χ3n) is 4.17. The van der Waals surface area contributed by atoms with E-state index in [9.17, 15) is 4.39 Å². The SMILES string of the molecule is [CH2]C(c1n[nH]c2ccccc12)N1Cc2ccc(F)cc2C1. The molecule has 1 atom stereocenters. The highest BCUT2D eigenvalue weighted by atomic mass is 19.1. The molecule has 21 heavy (non-hydrogen) atoms. The van der Waals surface area contributed by atoms with Crippen molar-refractivity contribution in [1.82, 2.24) is 15.1 Å². The summed E-state index contributed by atoms with van der Waals surface area (Å²) in [5, 5.41) is 8.56. The smallest absolute Gasteiger partial charge is 0.123 e. The van der Waals surface area contributed by atoms with Gasteiger partial charge < -0.3 is 0 Å². The Labute approximate surface area is 122 Å². The van der Waals surface area contributed by atoms with Crippen LogP contribution in [-0.4, -0.2) is 15.1 Å². The molecule has 1 N–H and O–H groups in total. The molecular weight excluding hydrogens is 265 g/mol. The van der Waals surface area contributed by atoms with Gasteiger partial charge in [0.15, 0.2) is 0 Å². The van der Waals surface area contributed by atoms with Crippen LogP contribution in [0.4, 0.5) is 4.39 Å². The van der Waals surface area contributed by atoms with Gasteiger partial charge >= 0.3 is 0 Å². The first kappa shape index (κ1) is 12.5. The van der Waals surface area contributed by atoms with E-state index in [1.54, 1.807) is 6.07 Å². The van der Waals surface area contributed by atoms with Gasteiger partial charge in [-0.3, -0.25) is 10.00 Å². The molecule has 4 rings (SSSR count). The number of benzene rings is 2. The van der Waals surface area contributed by atoms with Crippen molar-refractivity contribution in [3.8, 4) is 0 Å². The van der Waals surface area contributed by atoms with Crippen molar-refractivity contribution >= 4 is 10.9 Å². The Hall–Kier alpha value is -2.20. The van der Waals surface area contributed by atoms with Crippen molar-refractivity contribution in [1.29, 1.82) is 0 Å². The standard InChI is InChI=1S/C17H15FN3/c1-11(17-15-4-2-3-5-16(15)19-20-17)21-9-12-6-7-14(18)8-13(12)10-21/h2-8,11H,1,9-10H2,(H,19,20). The van der Waals surface area contributed by atoms with Crippen LogP contribution in [0.5, 0.6) is 0 Å². The molecule has 1 radical (unpaired) electrons. The zero-order chi connectivity index (χ0) is 14.4. The fourth-order valence-corrected chi connectivity index (χ4v) is 3.02. The van der Waals surface area contributed by atoms with Crippen molar-refractivity contribution in [2.45, 2.75) is 19.1 Å². The molecule has 0 saturated heterocycles. The Kier molecular flexibility index (Phi) is 2.79. The van der Waals surface area contributed by atoms with Crippen LogP contribution in [0.1, 0.15) is 22.9 Å². The number of hydrogen-bond donors (Lipinski definition) is 1. The van der Waals surface area contributed by atoms with Gasteiger partial charge in [-0.05, 0) is 36.2 Å². The summed E-state index contributed by atoms with van der Waals surface area (Å²) in [5.41, 5.74) is 4.18. The quantitative estimate of drug-likeness (QED) is 0.778. The molecule has 0 bridgehead atoms. The number of fused-ring (bicyclic) bond motifs is 2. The molecule has 2 aromatic carbocycles. The number of nitrogens with one attached hydrogen (secondary N) is 1. The topological polar surface area (TPSA) is 31.9 Å². The van der Waals surface area contributed by atoms with Gasteiger partial charge in [0.05, 0.1) is 17.3 Å². The van der Waals surface area contributed by atoms with Gasteiger partial charge in [0, 0.05) is 18.5 Å². The van der Waals surface area contributed by atoms with Crippen molar-refractivity contribution in [2.75, 3.05) is 0 Å². The third kappa shape index (κ3) is 2.03. The zero-order valence-corrected chi connectivity index (χ0v) is 11.5. The highest BCUT2D eigenvalue weighted by molar-refractivity contribution is 5.81. The van der Waals surface area contributed by atoms with Gasteiger partial charge in [-0.2, -0.15) is 5.10 Å². The normalized spacial score (nSPS) is 16.3. The number of rotatable bonds is 2. The fraction of sp³-hybridized carbons (Fsp3) is 0.176. The van der Waals surface area contributed by atoms with E-state index >= 15 is 0 Å². The van der Waals surface area contributed by atoms with Gasteiger partial charge in [0.25, 0.3) is 0 Å². The summed E-state index contributed by atoms with van der Waals surface area (Å²) in [6.45, 7) is 5.76. The minimum atomic E-state index is -0.179. The summed E-state index contributed by atoms with van der Waals surface area (Å²) in [6.07, 6.45) is 0. The molecule has 1 aromatic heterocycles. The van der Waals surface area contributed by atoms with E-state index in [1.165, 1.54) is 11.6 Å². The molecule has 105 valence electrons. The minimum absolute atomic E-state index is 0.0587. The first-order valence-corrected chi connectivity index (χ1v) is 7.00. The molecule has 2 heterocycles. The Morgan fingerprint density at radius 1 is 1.14 bits per heavy atom. The maximum atomic E-state index is 13.3. The van der Waals surface area contributed by atoms with Crippen LogP contribution >= 0.6 is 0 Å². The Balaban J connectivity index is 1.66. The van der Waals surface area contributed by atoms with Gasteiger partial charge in [0.2, 0.25) is 0 Å². The van der Waals surface area contributed by atoms with Crippen LogP contribution in [-0.2, 0) is 13.1 Å². The summed E-state index contributed by atoms with van der Waals surface area (Å²) < 4.78 is 13.3. The molecule has 4 heteroatoms. The molecular formula is C17H15FN3. The summed E-state index contributed by atoms with van der Waals surface area (Å²) in [6, 6.07) is 13.0. The van der Waals surface area contributed by atoms with E-state index in [4.69, 9.17) is 0 Å². The second-order valence-electron chi connectivity index (χ2n) is 5.49. The number of hydrogen-bond acceptors (Lipinski definition) is 2. The summed E-state index contributed by atoms with van der Waals surface area (Å²) in [7, 11) is 0. The van der Waals surface area contributed by atoms with Crippen LogP contribution in [0.3, 0.4) is 0 Å². The van der Waals surface area contributed by atoms with Gasteiger partial charge in [-0.25, -0.2) is 4.39 Å². The molecule has 3 nitrogen and oxygen atoms in total. The lowest BCUT2D eigenvalue weighted by Crippen LogP contribution is -2.21. The number of aromatic amines is 1. The molecule has 1 unspecified atom stereocenters. The van der Waals surface area contributed by atoms with E-state index in [0.29, 0.717) is 6.54 Å². The second-order valence-corrected chi connectivity index (χ2v) is 5.49. The Morgan fingerprint density at radius 2 is 1.95 bits per heavy atom. The highest BCUT2D eigenvalue weighted by Gasteiger charge is 2.26. The predicted molar refractivity (Wildman–Crippen MR) is 79.8 cm³/mol. The van der Waals surface area contributed by atoms with E-state index < -0.39 is 0 Å². The van der Waals surface area contributed by atoms with Gasteiger partial charge in [-0.1, -0.05) is 24.3 Å².